The van der Waals surface area contributed by atoms with Crippen LogP contribution in [0.4, 0.5) is 0 Å². The van der Waals surface area contributed by atoms with Crippen molar-refractivity contribution in [3.63, 3.8) is 0 Å². The van der Waals surface area contributed by atoms with E-state index in [1.807, 2.05) is 147 Å². The second kappa shape index (κ2) is 12.7. The van der Waals surface area contributed by atoms with Crippen LogP contribution in [0.5, 0.6) is 0 Å². The minimum absolute atomic E-state index is 0.0782. The highest BCUT2D eigenvalue weighted by Gasteiger charge is 2.07. The molecule has 168 valence electrons. The van der Waals surface area contributed by atoms with Gasteiger partial charge in [0.1, 0.15) is 0 Å². The van der Waals surface area contributed by atoms with Crippen molar-refractivity contribution in [1.82, 2.24) is 0 Å². The maximum atomic E-state index is 12.1. The fourth-order valence-electron chi connectivity index (χ4n) is 3.36. The first kappa shape index (κ1) is 24.3. The average molecular weight is 445 g/mol. The van der Waals surface area contributed by atoms with Crippen molar-refractivity contribution in [3.8, 4) is 0 Å². The summed E-state index contributed by atoms with van der Waals surface area (Å²) in [5, 5.41) is 0. The van der Waals surface area contributed by atoms with Gasteiger partial charge in [-0.15, -0.1) is 0 Å². The third kappa shape index (κ3) is 7.39. The molecule has 4 aromatic carbocycles. The van der Waals surface area contributed by atoms with Gasteiger partial charge in [-0.3, -0.25) is 9.59 Å². The largest absolute Gasteiger partial charge is 0.289 e. The maximum absolute atomic E-state index is 12.1. The summed E-state index contributed by atoms with van der Waals surface area (Å²) in [6.07, 6.45) is 3.82. The number of rotatable bonds is 6. The number of Topliss-reactive ketones (excluding diaryl/α,β-unsaturated/α-hetero) is 2. The second-order valence-corrected chi connectivity index (χ2v) is 7.87. The fraction of sp³-hybridized carbons (Fsp3) is 0.0625. The highest BCUT2D eigenvalue weighted by molar-refractivity contribution is 6.11. The summed E-state index contributed by atoms with van der Waals surface area (Å²) < 4.78 is 0. The Morgan fingerprint density at radius 3 is 1.00 bits per heavy atom. The number of carbonyl (C=O) groups excluding carboxylic acids is 2. The zero-order chi connectivity index (χ0) is 24.2. The first-order chi connectivity index (χ1) is 16.5. The fourth-order valence-corrected chi connectivity index (χ4v) is 3.36. The van der Waals surface area contributed by atoms with Gasteiger partial charge in [0.2, 0.25) is 0 Å². The molecule has 0 saturated heterocycles. The van der Waals surface area contributed by atoms with E-state index in [2.05, 4.69) is 0 Å². The van der Waals surface area contributed by atoms with E-state index in [0.717, 1.165) is 33.4 Å². The van der Waals surface area contributed by atoms with E-state index >= 15 is 0 Å². The molecular weight excluding hydrogens is 416 g/mol. The van der Waals surface area contributed by atoms with Crippen LogP contribution in [0.2, 0.25) is 0 Å². The molecule has 0 spiro atoms. The zero-order valence-corrected chi connectivity index (χ0v) is 19.5. The molecule has 4 rings (SSSR count). The van der Waals surface area contributed by atoms with Crippen molar-refractivity contribution in [3.05, 3.63) is 155 Å². The molecule has 0 saturated carbocycles. The lowest BCUT2D eigenvalue weighted by Gasteiger charge is -2.01. The molecule has 0 aliphatic rings. The molecule has 0 aromatic heterocycles. The Balaban J connectivity index is 0.000000191. The summed E-state index contributed by atoms with van der Waals surface area (Å²) in [4.78, 5) is 24.2. The van der Waals surface area contributed by atoms with Gasteiger partial charge in [0.15, 0.2) is 11.6 Å². The lowest BCUT2D eigenvalue weighted by atomic mass is 10.0. The lowest BCUT2D eigenvalue weighted by Crippen LogP contribution is -1.99. The van der Waals surface area contributed by atoms with Gasteiger partial charge in [0.05, 0.1) is 0 Å². The van der Waals surface area contributed by atoms with Crippen LogP contribution in [0.25, 0.3) is 12.2 Å². The van der Waals surface area contributed by atoms with Crippen molar-refractivity contribution in [2.45, 2.75) is 13.8 Å². The monoisotopic (exact) mass is 444 g/mol. The number of carbonyl (C=O) groups is 2. The molecule has 0 fully saturated rings. The number of benzene rings is 4. The molecule has 0 heterocycles. The number of hydrogen-bond acceptors (Lipinski definition) is 2. The van der Waals surface area contributed by atoms with Gasteiger partial charge in [-0.1, -0.05) is 121 Å². The van der Waals surface area contributed by atoms with Crippen LogP contribution >= 0.6 is 0 Å². The van der Waals surface area contributed by atoms with Crippen molar-refractivity contribution in [2.24, 2.45) is 0 Å². The summed E-state index contributed by atoms with van der Waals surface area (Å²) in [5.74, 6) is 0.156. The second-order valence-electron chi connectivity index (χ2n) is 7.87. The Labute approximate surface area is 201 Å². The standard InChI is InChI=1S/2C16H14O/c2*1-13(12-14-8-4-2-5-9-14)16(17)15-10-6-3-7-11-15/h2*2-12H,1H3. The summed E-state index contributed by atoms with van der Waals surface area (Å²) >= 11 is 0. The highest BCUT2D eigenvalue weighted by Crippen LogP contribution is 2.13. The maximum Gasteiger partial charge on any atom is 0.188 e. The molecule has 2 heteroatoms. The van der Waals surface area contributed by atoms with Crippen LogP contribution in [0, 0.1) is 0 Å². The Hall–Kier alpha value is -4.30. The number of hydrogen-bond donors (Lipinski definition) is 0. The SMILES string of the molecule is CC(=Cc1ccccc1)C(=O)c1ccccc1.CC(=Cc1ccccc1)C(=O)c1ccccc1. The molecule has 0 unspecified atom stereocenters. The van der Waals surface area contributed by atoms with Crippen molar-refractivity contribution >= 4 is 23.7 Å². The van der Waals surface area contributed by atoms with Gasteiger partial charge >= 0.3 is 0 Å². The molecule has 0 amide bonds. The third-order valence-corrected chi connectivity index (χ3v) is 5.15. The summed E-state index contributed by atoms with van der Waals surface area (Å²) in [6, 6.07) is 38.4. The average Bonchev–Trinajstić information content (AvgIpc) is 2.90. The molecule has 0 bridgehead atoms. The summed E-state index contributed by atoms with van der Waals surface area (Å²) in [5.41, 5.74) is 5.07. The van der Waals surface area contributed by atoms with Gasteiger partial charge in [0, 0.05) is 11.1 Å². The molecule has 0 atom stereocenters. The summed E-state index contributed by atoms with van der Waals surface area (Å²) in [6.45, 7) is 3.70. The molecule has 0 aliphatic carbocycles. The smallest absolute Gasteiger partial charge is 0.188 e. The predicted octanol–water partition coefficient (Wildman–Crippen LogP) is 7.95. The van der Waals surface area contributed by atoms with Crippen LogP contribution in [0.15, 0.2) is 132 Å². The minimum Gasteiger partial charge on any atom is -0.289 e. The van der Waals surface area contributed by atoms with Crippen molar-refractivity contribution < 1.29 is 9.59 Å². The lowest BCUT2D eigenvalue weighted by molar-refractivity contribution is 0.102. The van der Waals surface area contributed by atoms with Gasteiger partial charge in [0.25, 0.3) is 0 Å². The van der Waals surface area contributed by atoms with E-state index in [9.17, 15) is 9.59 Å². The Morgan fingerprint density at radius 1 is 0.441 bits per heavy atom. The third-order valence-electron chi connectivity index (χ3n) is 5.15. The van der Waals surface area contributed by atoms with Gasteiger partial charge in [-0.2, -0.15) is 0 Å². The van der Waals surface area contributed by atoms with Gasteiger partial charge < -0.3 is 0 Å². The molecule has 0 N–H and O–H groups in total. The topological polar surface area (TPSA) is 34.1 Å². The molecule has 0 aliphatic heterocycles. The molecule has 4 aromatic rings. The molecule has 2 nitrogen and oxygen atoms in total. The first-order valence-electron chi connectivity index (χ1n) is 11.2. The minimum atomic E-state index is 0.0782. The van der Waals surface area contributed by atoms with E-state index in [1.165, 1.54) is 0 Å². The van der Waals surface area contributed by atoms with E-state index in [0.29, 0.717) is 0 Å². The van der Waals surface area contributed by atoms with E-state index in [-0.39, 0.29) is 11.6 Å². The Kier molecular flexibility index (Phi) is 9.07. The quantitative estimate of drug-likeness (QED) is 0.223. The van der Waals surface area contributed by atoms with Crippen LogP contribution in [0.1, 0.15) is 45.7 Å². The van der Waals surface area contributed by atoms with Crippen LogP contribution in [-0.4, -0.2) is 11.6 Å². The zero-order valence-electron chi connectivity index (χ0n) is 19.5. The van der Waals surface area contributed by atoms with Gasteiger partial charge in [-0.25, -0.2) is 0 Å². The Morgan fingerprint density at radius 2 is 0.706 bits per heavy atom. The molecule has 34 heavy (non-hydrogen) atoms. The molecule has 0 radical (unpaired) electrons. The van der Waals surface area contributed by atoms with Crippen LogP contribution < -0.4 is 0 Å². The van der Waals surface area contributed by atoms with E-state index in [4.69, 9.17) is 0 Å². The predicted molar refractivity (Wildman–Crippen MR) is 142 cm³/mol. The van der Waals surface area contributed by atoms with Gasteiger partial charge in [-0.05, 0) is 48.3 Å². The highest BCUT2D eigenvalue weighted by atomic mass is 16.1. The summed E-state index contributed by atoms with van der Waals surface area (Å²) in [7, 11) is 0. The van der Waals surface area contributed by atoms with Crippen molar-refractivity contribution in [2.75, 3.05) is 0 Å². The van der Waals surface area contributed by atoms with Crippen LogP contribution in [0.3, 0.4) is 0 Å². The number of ketones is 2. The number of allylic oxidation sites excluding steroid dienone is 2. The molecular formula is C32H28O2. The van der Waals surface area contributed by atoms with Crippen molar-refractivity contribution in [1.29, 1.82) is 0 Å². The van der Waals surface area contributed by atoms with E-state index in [1.54, 1.807) is 0 Å². The normalized spacial score (nSPS) is 11.2. The Bertz CT molecular complexity index is 1150. The first-order valence-corrected chi connectivity index (χ1v) is 11.2. The van der Waals surface area contributed by atoms with Crippen LogP contribution in [-0.2, 0) is 0 Å². The van der Waals surface area contributed by atoms with E-state index < -0.39 is 0 Å².